The standard InChI is InChI=1S/3C6H5.ClH.Pd/c3*1-2-4-6-5-3-1;;/h3*1-5H;1H;. The Morgan fingerprint density at radius 2 is 0.650 bits per heavy atom. The van der Waals surface area contributed by atoms with Crippen molar-refractivity contribution in [1.82, 2.24) is 0 Å². The molecule has 0 saturated carbocycles. The van der Waals surface area contributed by atoms with E-state index < -0.39 is 16.8 Å². The molecule has 0 bridgehead atoms. The molecule has 20 heavy (non-hydrogen) atoms. The van der Waals surface area contributed by atoms with Crippen molar-refractivity contribution in [3.05, 3.63) is 91.0 Å². The van der Waals surface area contributed by atoms with E-state index in [9.17, 15) is 0 Å². The quantitative estimate of drug-likeness (QED) is 0.619. The van der Waals surface area contributed by atoms with E-state index in [1.54, 1.807) is 0 Å². The molecule has 0 nitrogen and oxygen atoms in total. The van der Waals surface area contributed by atoms with E-state index in [1.165, 1.54) is 12.1 Å². The normalized spacial score (nSPS) is 10.5. The first kappa shape index (κ1) is 15.0. The second kappa shape index (κ2) is 7.41. The molecule has 0 aliphatic rings. The van der Waals surface area contributed by atoms with Gasteiger partial charge in [0.25, 0.3) is 0 Å². The van der Waals surface area contributed by atoms with Crippen LogP contribution in [0.3, 0.4) is 0 Å². The first-order chi connectivity index (χ1) is 9.45. The summed E-state index contributed by atoms with van der Waals surface area (Å²) in [6.07, 6.45) is 0. The van der Waals surface area contributed by atoms with Crippen molar-refractivity contribution in [1.29, 1.82) is 0 Å². The molecule has 0 unspecified atom stereocenters. The Balaban J connectivity index is 0.00000147. The Morgan fingerprint density at radius 3 is 0.900 bits per heavy atom. The molecule has 0 atom stereocenters. The van der Waals surface area contributed by atoms with E-state index in [-0.39, 0.29) is 12.4 Å². The van der Waals surface area contributed by atoms with Gasteiger partial charge in [0.1, 0.15) is 0 Å². The minimum absolute atomic E-state index is 0. The van der Waals surface area contributed by atoms with Crippen LogP contribution in [0.2, 0.25) is 0 Å². The number of rotatable bonds is 3. The average Bonchev–Trinajstić information content (AvgIpc) is 2.51. The molecule has 0 N–H and O–H groups in total. The summed E-state index contributed by atoms with van der Waals surface area (Å²) in [5, 5.41) is 0. The van der Waals surface area contributed by atoms with E-state index >= 15 is 0 Å². The van der Waals surface area contributed by atoms with Crippen LogP contribution in [-0.4, -0.2) is 0 Å². The first-order valence-electron chi connectivity index (χ1n) is 6.21. The maximum absolute atomic E-state index is 2.25. The van der Waals surface area contributed by atoms with Gasteiger partial charge in [-0.3, -0.25) is 0 Å². The van der Waals surface area contributed by atoms with Crippen molar-refractivity contribution >= 4 is 24.5 Å². The van der Waals surface area contributed by atoms with Crippen molar-refractivity contribution in [2.24, 2.45) is 0 Å². The molecule has 0 heterocycles. The molecular weight excluding hydrogens is 358 g/mol. The van der Waals surface area contributed by atoms with Gasteiger partial charge in [-0.25, -0.2) is 0 Å². The summed E-state index contributed by atoms with van der Waals surface area (Å²) in [5.41, 5.74) is 0. The summed E-state index contributed by atoms with van der Waals surface area (Å²) >= 11 is -1.05. The van der Waals surface area contributed by atoms with Crippen LogP contribution >= 0.6 is 12.4 Å². The predicted octanol–water partition coefficient (Wildman–Crippen LogP) is 3.00. The van der Waals surface area contributed by atoms with Crippen LogP contribution in [0.4, 0.5) is 0 Å². The third-order valence-electron chi connectivity index (χ3n) is 2.69. The molecule has 0 aromatic heterocycles. The van der Waals surface area contributed by atoms with Gasteiger partial charge in [-0.1, -0.05) is 0 Å². The SMILES string of the molecule is Cl.c1cc[c]([Pd]([c]2ccccc2)[c]2ccccc2)cc1. The van der Waals surface area contributed by atoms with Gasteiger partial charge >= 0.3 is 120 Å². The Labute approximate surface area is 132 Å². The molecule has 2 heteroatoms. The van der Waals surface area contributed by atoms with Crippen molar-refractivity contribution in [3.63, 3.8) is 0 Å². The molecule has 3 aromatic rings. The van der Waals surface area contributed by atoms with Crippen LogP contribution in [0.25, 0.3) is 0 Å². The molecule has 3 aromatic carbocycles. The Kier molecular flexibility index (Phi) is 5.56. The molecule has 3 rings (SSSR count). The zero-order valence-corrected chi connectivity index (χ0v) is 13.3. The van der Waals surface area contributed by atoms with Gasteiger partial charge < -0.3 is 0 Å². The molecular formula is C18H16ClPd. The van der Waals surface area contributed by atoms with Gasteiger partial charge in [0.2, 0.25) is 0 Å². The predicted molar refractivity (Wildman–Crippen MR) is 85.5 cm³/mol. The van der Waals surface area contributed by atoms with Gasteiger partial charge in [-0.05, 0) is 0 Å². The Hall–Kier alpha value is -1.39. The molecule has 0 aliphatic carbocycles. The maximum atomic E-state index is 2.25. The Morgan fingerprint density at radius 1 is 0.400 bits per heavy atom. The number of hydrogen-bond donors (Lipinski definition) is 0. The molecule has 0 fully saturated rings. The van der Waals surface area contributed by atoms with Crippen molar-refractivity contribution in [2.45, 2.75) is 0 Å². The van der Waals surface area contributed by atoms with Crippen LogP contribution in [0.1, 0.15) is 0 Å². The molecule has 0 saturated heterocycles. The molecule has 0 spiro atoms. The zero-order chi connectivity index (χ0) is 12.9. The van der Waals surface area contributed by atoms with Crippen LogP contribution in [0.5, 0.6) is 0 Å². The third-order valence-corrected chi connectivity index (χ3v) is 6.93. The Bertz CT molecular complexity index is 529. The summed E-state index contributed by atoms with van der Waals surface area (Å²) in [6, 6.07) is 32.6. The van der Waals surface area contributed by atoms with Gasteiger partial charge in [-0.2, -0.15) is 0 Å². The number of hydrogen-bond acceptors (Lipinski definition) is 0. The van der Waals surface area contributed by atoms with Crippen LogP contribution in [0.15, 0.2) is 91.0 Å². The summed E-state index contributed by atoms with van der Waals surface area (Å²) in [7, 11) is 0. The molecule has 0 amide bonds. The van der Waals surface area contributed by atoms with E-state index in [1.807, 2.05) is 0 Å². The zero-order valence-electron chi connectivity index (χ0n) is 10.9. The second-order valence-electron chi connectivity index (χ2n) is 4.02. The van der Waals surface area contributed by atoms with E-state index in [2.05, 4.69) is 91.0 Å². The third kappa shape index (κ3) is 3.38. The van der Waals surface area contributed by atoms with Gasteiger partial charge in [-0.15, -0.1) is 12.4 Å². The molecule has 0 aliphatic heterocycles. The van der Waals surface area contributed by atoms with E-state index in [0.29, 0.717) is 0 Å². The van der Waals surface area contributed by atoms with Crippen molar-refractivity contribution in [3.8, 4) is 0 Å². The van der Waals surface area contributed by atoms with E-state index in [4.69, 9.17) is 0 Å². The second-order valence-corrected chi connectivity index (χ2v) is 7.88. The van der Waals surface area contributed by atoms with Gasteiger partial charge in [0, 0.05) is 0 Å². The van der Waals surface area contributed by atoms with Crippen LogP contribution < -0.4 is 12.1 Å². The minimum atomic E-state index is -1.05. The number of halogens is 1. The topological polar surface area (TPSA) is 0 Å². The van der Waals surface area contributed by atoms with E-state index in [0.717, 1.165) is 0 Å². The summed E-state index contributed by atoms with van der Waals surface area (Å²) in [4.78, 5) is 0. The van der Waals surface area contributed by atoms with Crippen molar-refractivity contribution in [2.75, 3.05) is 0 Å². The van der Waals surface area contributed by atoms with Crippen molar-refractivity contribution < 1.29 is 16.8 Å². The monoisotopic (exact) mass is 373 g/mol. The van der Waals surface area contributed by atoms with Gasteiger partial charge in [0.15, 0.2) is 0 Å². The molecule has 0 radical (unpaired) electrons. The average molecular weight is 374 g/mol. The summed E-state index contributed by atoms with van der Waals surface area (Å²) in [6.45, 7) is 0. The fraction of sp³-hybridized carbons (Fsp3) is 0. The first-order valence-corrected chi connectivity index (χ1v) is 8.54. The summed E-state index contributed by atoms with van der Waals surface area (Å²) < 4.78 is 4.35. The fourth-order valence-corrected chi connectivity index (χ4v) is 5.85. The molecule has 105 valence electrons. The van der Waals surface area contributed by atoms with Gasteiger partial charge in [0.05, 0.1) is 0 Å². The van der Waals surface area contributed by atoms with Crippen LogP contribution in [0, 0.1) is 0 Å². The fourth-order valence-electron chi connectivity index (χ4n) is 1.84. The number of benzene rings is 3. The van der Waals surface area contributed by atoms with Crippen LogP contribution in [-0.2, 0) is 16.8 Å². The summed E-state index contributed by atoms with van der Waals surface area (Å²) in [5.74, 6) is 0.